The molecule has 0 atom stereocenters. The molecule has 7 heteroatoms. The molecule has 0 radical (unpaired) electrons. The van der Waals surface area contributed by atoms with Gasteiger partial charge in [0.05, 0.1) is 15.7 Å². The molecule has 0 unspecified atom stereocenters. The number of rotatable bonds is 3. The number of aromatic nitrogens is 2. The van der Waals surface area contributed by atoms with E-state index in [0.29, 0.717) is 29.6 Å². The van der Waals surface area contributed by atoms with E-state index in [1.165, 1.54) is 0 Å². The van der Waals surface area contributed by atoms with Gasteiger partial charge in [0.25, 0.3) is 5.91 Å². The Morgan fingerprint density at radius 2 is 2.08 bits per heavy atom. The first-order chi connectivity index (χ1) is 12.2. The zero-order valence-electron chi connectivity index (χ0n) is 13.4. The summed E-state index contributed by atoms with van der Waals surface area (Å²) in [6.45, 7) is 1.32. The number of hydrogen-bond donors (Lipinski definition) is 0. The number of ether oxygens (including phenoxy) is 1. The molecule has 0 saturated carbocycles. The molecule has 0 N–H and O–H groups in total. The van der Waals surface area contributed by atoms with Crippen molar-refractivity contribution in [3.05, 3.63) is 52.6 Å². The average molecular weight is 374 g/mol. The van der Waals surface area contributed by atoms with Crippen molar-refractivity contribution in [3.63, 3.8) is 0 Å². The van der Waals surface area contributed by atoms with Crippen LogP contribution in [0.4, 0.5) is 0 Å². The van der Waals surface area contributed by atoms with Gasteiger partial charge in [-0.25, -0.2) is 9.97 Å². The van der Waals surface area contributed by atoms with Crippen molar-refractivity contribution in [2.75, 3.05) is 13.1 Å². The van der Waals surface area contributed by atoms with E-state index < -0.39 is 0 Å². The average Bonchev–Trinajstić information content (AvgIpc) is 3.11. The summed E-state index contributed by atoms with van der Waals surface area (Å²) in [5.74, 6) is 0.522. The van der Waals surface area contributed by atoms with Crippen molar-refractivity contribution >= 4 is 39.1 Å². The number of carbonyl (C=O) groups excluding carboxylic acids is 1. The maximum Gasteiger partial charge on any atom is 0.253 e. The Kier molecular flexibility index (Phi) is 4.55. The normalized spacial score (nSPS) is 15.5. The molecule has 2 aromatic heterocycles. The van der Waals surface area contributed by atoms with Crippen LogP contribution in [-0.4, -0.2) is 40.0 Å². The molecule has 0 aliphatic carbocycles. The highest BCUT2D eigenvalue weighted by molar-refractivity contribution is 7.16. The minimum absolute atomic E-state index is 0.0282. The quantitative estimate of drug-likeness (QED) is 0.695. The second-order valence-corrected chi connectivity index (χ2v) is 7.23. The van der Waals surface area contributed by atoms with Crippen molar-refractivity contribution in [1.29, 1.82) is 0 Å². The molecule has 1 aliphatic rings. The van der Waals surface area contributed by atoms with Crippen LogP contribution in [0.1, 0.15) is 23.2 Å². The van der Waals surface area contributed by atoms with Crippen LogP contribution in [0, 0.1) is 0 Å². The second-order valence-electron chi connectivity index (χ2n) is 5.93. The van der Waals surface area contributed by atoms with Crippen molar-refractivity contribution in [2.24, 2.45) is 0 Å². The van der Waals surface area contributed by atoms with E-state index >= 15 is 0 Å². The van der Waals surface area contributed by atoms with Crippen LogP contribution >= 0.6 is 22.9 Å². The fourth-order valence-electron chi connectivity index (χ4n) is 2.96. The van der Waals surface area contributed by atoms with E-state index in [-0.39, 0.29) is 12.0 Å². The van der Waals surface area contributed by atoms with Crippen molar-refractivity contribution in [1.82, 2.24) is 14.9 Å². The number of benzene rings is 1. The lowest BCUT2D eigenvalue weighted by Crippen LogP contribution is -2.41. The van der Waals surface area contributed by atoms with Gasteiger partial charge in [0.15, 0.2) is 0 Å². The number of hydrogen-bond acceptors (Lipinski definition) is 5. The van der Waals surface area contributed by atoms with E-state index in [1.54, 1.807) is 35.2 Å². The smallest absolute Gasteiger partial charge is 0.253 e. The number of likely N-dealkylation sites (tertiary alicyclic amines) is 1. The summed E-state index contributed by atoms with van der Waals surface area (Å²) in [5.41, 5.74) is 3.44. The zero-order valence-corrected chi connectivity index (χ0v) is 15.0. The molecule has 1 saturated heterocycles. The highest BCUT2D eigenvalue weighted by Crippen LogP contribution is 2.25. The summed E-state index contributed by atoms with van der Waals surface area (Å²) in [6, 6.07) is 9.21. The van der Waals surface area contributed by atoms with Gasteiger partial charge in [0, 0.05) is 37.7 Å². The SMILES string of the molecule is O=C(c1ccc2ncsc2c1)N1CCC(Oc2ncccc2Cl)CC1. The topological polar surface area (TPSA) is 55.3 Å². The fourth-order valence-corrected chi connectivity index (χ4v) is 3.85. The minimum Gasteiger partial charge on any atom is -0.473 e. The predicted octanol–water partition coefficient (Wildman–Crippen LogP) is 4.03. The van der Waals surface area contributed by atoms with Gasteiger partial charge in [-0.15, -0.1) is 11.3 Å². The van der Waals surface area contributed by atoms with Gasteiger partial charge < -0.3 is 9.64 Å². The van der Waals surface area contributed by atoms with Gasteiger partial charge >= 0.3 is 0 Å². The molecule has 3 aromatic rings. The van der Waals surface area contributed by atoms with E-state index in [0.717, 1.165) is 23.1 Å². The summed E-state index contributed by atoms with van der Waals surface area (Å²) in [4.78, 5) is 23.0. The van der Waals surface area contributed by atoms with Crippen LogP contribution in [0.25, 0.3) is 10.2 Å². The first-order valence-electron chi connectivity index (χ1n) is 8.10. The predicted molar refractivity (Wildman–Crippen MR) is 98.4 cm³/mol. The van der Waals surface area contributed by atoms with Gasteiger partial charge in [-0.3, -0.25) is 4.79 Å². The third-order valence-corrected chi connectivity index (χ3v) is 5.39. The molecular weight excluding hydrogens is 358 g/mol. The Morgan fingerprint density at radius 3 is 2.88 bits per heavy atom. The summed E-state index contributed by atoms with van der Waals surface area (Å²) in [7, 11) is 0. The van der Waals surface area contributed by atoms with Gasteiger partial charge in [-0.05, 0) is 30.3 Å². The molecule has 0 spiro atoms. The van der Waals surface area contributed by atoms with Crippen LogP contribution in [0.15, 0.2) is 42.0 Å². The minimum atomic E-state index is 0.0282. The lowest BCUT2D eigenvalue weighted by Gasteiger charge is -2.32. The Labute approximate surface area is 154 Å². The Morgan fingerprint density at radius 1 is 1.24 bits per heavy atom. The van der Waals surface area contributed by atoms with Crippen LogP contribution in [-0.2, 0) is 0 Å². The number of nitrogens with zero attached hydrogens (tertiary/aromatic N) is 3. The van der Waals surface area contributed by atoms with E-state index in [9.17, 15) is 4.79 Å². The molecular formula is C18H16ClN3O2S. The number of halogens is 1. The monoisotopic (exact) mass is 373 g/mol. The first-order valence-corrected chi connectivity index (χ1v) is 9.36. The maximum atomic E-state index is 12.7. The molecule has 0 bridgehead atoms. The Bertz CT molecular complexity index is 906. The molecule has 1 aromatic carbocycles. The Hall–Kier alpha value is -2.18. The maximum absolute atomic E-state index is 12.7. The number of thiazole rings is 1. The molecule has 5 nitrogen and oxygen atoms in total. The largest absolute Gasteiger partial charge is 0.473 e. The van der Waals surface area contributed by atoms with Crippen LogP contribution in [0.5, 0.6) is 5.88 Å². The van der Waals surface area contributed by atoms with Gasteiger partial charge in [-0.2, -0.15) is 0 Å². The number of carbonyl (C=O) groups is 1. The number of piperidine rings is 1. The molecule has 128 valence electrons. The molecule has 1 amide bonds. The van der Waals surface area contributed by atoms with Crippen LogP contribution < -0.4 is 4.74 Å². The third kappa shape index (κ3) is 3.45. The van der Waals surface area contributed by atoms with Gasteiger partial charge in [0.1, 0.15) is 11.1 Å². The molecule has 1 aliphatic heterocycles. The Balaban J connectivity index is 1.39. The standard InChI is InChI=1S/C18H16ClN3O2S/c19-14-2-1-7-20-17(14)24-13-5-8-22(9-6-13)18(23)12-3-4-15-16(10-12)25-11-21-15/h1-4,7,10-11,13H,5-6,8-9H2. The molecule has 25 heavy (non-hydrogen) atoms. The summed E-state index contributed by atoms with van der Waals surface area (Å²) >= 11 is 7.63. The van der Waals surface area contributed by atoms with Crippen molar-refractivity contribution in [2.45, 2.75) is 18.9 Å². The van der Waals surface area contributed by atoms with Gasteiger partial charge in [-0.1, -0.05) is 11.6 Å². The van der Waals surface area contributed by atoms with Crippen LogP contribution in [0.2, 0.25) is 5.02 Å². The van der Waals surface area contributed by atoms with Crippen molar-refractivity contribution in [3.8, 4) is 5.88 Å². The van der Waals surface area contributed by atoms with E-state index in [1.807, 2.05) is 23.1 Å². The lowest BCUT2D eigenvalue weighted by atomic mass is 10.1. The summed E-state index contributed by atoms with van der Waals surface area (Å²) in [5, 5.41) is 0.513. The molecule has 4 rings (SSSR count). The number of pyridine rings is 1. The van der Waals surface area contributed by atoms with E-state index in [4.69, 9.17) is 16.3 Å². The van der Waals surface area contributed by atoms with E-state index in [2.05, 4.69) is 9.97 Å². The highest BCUT2D eigenvalue weighted by Gasteiger charge is 2.25. The molecule has 3 heterocycles. The first kappa shape index (κ1) is 16.3. The third-order valence-electron chi connectivity index (χ3n) is 4.31. The zero-order chi connectivity index (χ0) is 17.2. The van der Waals surface area contributed by atoms with Crippen LogP contribution in [0.3, 0.4) is 0 Å². The number of amides is 1. The summed E-state index contributed by atoms with van der Waals surface area (Å²) in [6.07, 6.45) is 3.22. The fraction of sp³-hybridized carbons (Fsp3) is 0.278. The number of fused-ring (bicyclic) bond motifs is 1. The molecule has 1 fully saturated rings. The highest BCUT2D eigenvalue weighted by atomic mass is 35.5. The second kappa shape index (κ2) is 6.98. The van der Waals surface area contributed by atoms with Crippen molar-refractivity contribution < 1.29 is 9.53 Å². The summed E-state index contributed by atoms with van der Waals surface area (Å²) < 4.78 is 6.92. The lowest BCUT2D eigenvalue weighted by molar-refractivity contribution is 0.0588. The van der Waals surface area contributed by atoms with Gasteiger partial charge in [0.2, 0.25) is 5.88 Å².